The highest BCUT2D eigenvalue weighted by atomic mass is 35.5. The lowest BCUT2D eigenvalue weighted by atomic mass is 10.1. The number of carbonyl (C=O) groups excluding carboxylic acids is 1. The van der Waals surface area contributed by atoms with Gasteiger partial charge in [-0.25, -0.2) is 0 Å². The molecule has 0 bridgehead atoms. The van der Waals surface area contributed by atoms with Gasteiger partial charge < -0.3 is 11.5 Å². The molecular formula is C13H18ClN3OS. The fourth-order valence-corrected chi connectivity index (χ4v) is 2.04. The summed E-state index contributed by atoms with van der Waals surface area (Å²) in [6, 6.07) is 5.63. The van der Waals surface area contributed by atoms with Crippen molar-refractivity contribution < 1.29 is 4.79 Å². The van der Waals surface area contributed by atoms with Crippen LogP contribution in [-0.2, 0) is 11.3 Å². The molecule has 0 atom stereocenters. The van der Waals surface area contributed by atoms with Crippen molar-refractivity contribution in [3.8, 4) is 0 Å². The number of hydrogen-bond acceptors (Lipinski definition) is 3. The molecule has 0 aliphatic heterocycles. The molecule has 0 aromatic heterocycles. The lowest BCUT2D eigenvalue weighted by Gasteiger charge is -2.25. The van der Waals surface area contributed by atoms with E-state index in [4.69, 9.17) is 35.3 Å². The zero-order valence-corrected chi connectivity index (χ0v) is 12.6. The highest BCUT2D eigenvalue weighted by molar-refractivity contribution is 7.80. The molecule has 4 N–H and O–H groups in total. The van der Waals surface area contributed by atoms with Gasteiger partial charge in [0.1, 0.15) is 4.99 Å². The van der Waals surface area contributed by atoms with Crippen LogP contribution in [0, 0.1) is 0 Å². The smallest absolute Gasteiger partial charge is 0.231 e. The molecule has 6 heteroatoms. The van der Waals surface area contributed by atoms with Gasteiger partial charge in [-0.15, -0.1) is 0 Å². The van der Waals surface area contributed by atoms with E-state index in [9.17, 15) is 4.79 Å². The highest BCUT2D eigenvalue weighted by Gasteiger charge is 2.14. The average Bonchev–Trinajstić information content (AvgIpc) is 2.29. The van der Waals surface area contributed by atoms with E-state index in [1.807, 2.05) is 30.9 Å². The fourth-order valence-electron chi connectivity index (χ4n) is 1.67. The zero-order chi connectivity index (χ0) is 14.6. The minimum absolute atomic E-state index is 0.193. The van der Waals surface area contributed by atoms with Crippen molar-refractivity contribution in [3.63, 3.8) is 0 Å². The van der Waals surface area contributed by atoms with Crippen molar-refractivity contribution >= 4 is 34.7 Å². The van der Waals surface area contributed by atoms with Crippen LogP contribution in [0.1, 0.15) is 25.0 Å². The van der Waals surface area contributed by atoms with E-state index < -0.39 is 0 Å². The molecule has 1 amide bonds. The number of halogens is 1. The molecule has 104 valence electrons. The summed E-state index contributed by atoms with van der Waals surface area (Å²) in [6.07, 6.45) is 0. The normalized spacial score (nSPS) is 11.0. The van der Waals surface area contributed by atoms with Gasteiger partial charge in [-0.1, -0.05) is 36.0 Å². The molecule has 0 spiro atoms. The fraction of sp³-hybridized carbons (Fsp3) is 0.385. The third kappa shape index (κ3) is 4.78. The van der Waals surface area contributed by atoms with Crippen LogP contribution in [-0.4, -0.2) is 28.4 Å². The molecule has 1 aromatic rings. The summed E-state index contributed by atoms with van der Waals surface area (Å²) in [5, 5.41) is 0.584. The topological polar surface area (TPSA) is 72.3 Å². The number of amides is 1. The highest BCUT2D eigenvalue weighted by Crippen LogP contribution is 2.20. The molecule has 0 saturated heterocycles. The third-order valence-corrected chi connectivity index (χ3v) is 3.39. The van der Waals surface area contributed by atoms with E-state index in [0.717, 1.165) is 11.1 Å². The SMILES string of the molecule is CC(C)N(CC(N)=O)Cc1ccc(C(N)=S)cc1Cl. The van der Waals surface area contributed by atoms with Gasteiger partial charge in [-0.2, -0.15) is 0 Å². The molecule has 0 unspecified atom stereocenters. The quantitative estimate of drug-likeness (QED) is 0.784. The maximum atomic E-state index is 11.0. The average molecular weight is 300 g/mol. The second-order valence-electron chi connectivity index (χ2n) is 4.64. The summed E-state index contributed by atoms with van der Waals surface area (Å²) in [5.74, 6) is -0.357. The molecule has 0 fully saturated rings. The van der Waals surface area contributed by atoms with Gasteiger partial charge in [0.25, 0.3) is 0 Å². The number of benzene rings is 1. The van der Waals surface area contributed by atoms with Crippen LogP contribution >= 0.6 is 23.8 Å². The van der Waals surface area contributed by atoms with E-state index >= 15 is 0 Å². The van der Waals surface area contributed by atoms with Gasteiger partial charge in [0.15, 0.2) is 0 Å². The van der Waals surface area contributed by atoms with Crippen molar-refractivity contribution in [2.45, 2.75) is 26.4 Å². The van der Waals surface area contributed by atoms with Crippen LogP contribution in [0.5, 0.6) is 0 Å². The Kier molecular flexibility index (Phi) is 5.72. The van der Waals surface area contributed by atoms with Gasteiger partial charge >= 0.3 is 0 Å². The van der Waals surface area contributed by atoms with Crippen LogP contribution in [0.3, 0.4) is 0 Å². The Morgan fingerprint density at radius 1 is 1.42 bits per heavy atom. The Bertz CT molecular complexity index is 491. The lowest BCUT2D eigenvalue weighted by Crippen LogP contribution is -2.38. The Morgan fingerprint density at radius 2 is 2.05 bits per heavy atom. The molecule has 0 aliphatic carbocycles. The molecule has 0 saturated carbocycles. The summed E-state index contributed by atoms with van der Waals surface area (Å²) in [4.78, 5) is 13.3. The number of carbonyl (C=O) groups is 1. The van der Waals surface area contributed by atoms with E-state index in [2.05, 4.69) is 0 Å². The molecule has 19 heavy (non-hydrogen) atoms. The maximum absolute atomic E-state index is 11.0. The Morgan fingerprint density at radius 3 is 2.47 bits per heavy atom. The van der Waals surface area contributed by atoms with Crippen LogP contribution in [0.15, 0.2) is 18.2 Å². The first-order valence-corrected chi connectivity index (χ1v) is 6.70. The number of rotatable bonds is 6. The number of thiocarbonyl (C=S) groups is 1. The van der Waals surface area contributed by atoms with E-state index in [-0.39, 0.29) is 18.5 Å². The van der Waals surface area contributed by atoms with Crippen molar-refractivity contribution in [1.29, 1.82) is 0 Å². The van der Waals surface area contributed by atoms with Crippen LogP contribution in [0.25, 0.3) is 0 Å². The predicted molar refractivity (Wildman–Crippen MR) is 82.1 cm³/mol. The van der Waals surface area contributed by atoms with E-state index in [1.54, 1.807) is 6.07 Å². The molecule has 4 nitrogen and oxygen atoms in total. The van der Waals surface area contributed by atoms with Gasteiger partial charge in [0, 0.05) is 23.2 Å². The van der Waals surface area contributed by atoms with Crippen LogP contribution < -0.4 is 11.5 Å². The summed E-state index contributed by atoms with van der Waals surface area (Å²) < 4.78 is 0. The lowest BCUT2D eigenvalue weighted by molar-refractivity contribution is -0.119. The number of primary amides is 1. The second-order valence-corrected chi connectivity index (χ2v) is 5.48. The summed E-state index contributed by atoms with van der Waals surface area (Å²) in [5.41, 5.74) is 12.4. The summed E-state index contributed by atoms with van der Waals surface area (Å²) >= 11 is 11.1. The zero-order valence-electron chi connectivity index (χ0n) is 11.0. The van der Waals surface area contributed by atoms with Crippen molar-refractivity contribution in [3.05, 3.63) is 34.3 Å². The van der Waals surface area contributed by atoms with E-state index in [1.165, 1.54) is 0 Å². The third-order valence-electron chi connectivity index (χ3n) is 2.80. The van der Waals surface area contributed by atoms with Gasteiger partial charge in [-0.3, -0.25) is 9.69 Å². The predicted octanol–water partition coefficient (Wildman–Crippen LogP) is 1.67. The molecule has 0 heterocycles. The standard InChI is InChI=1S/C13H18ClN3OS/c1-8(2)17(7-12(15)18)6-10-4-3-9(13(16)19)5-11(10)14/h3-5,8H,6-7H2,1-2H3,(H2,15,18)(H2,16,19). The molecule has 0 aliphatic rings. The van der Waals surface area contributed by atoms with Crippen molar-refractivity contribution in [2.24, 2.45) is 11.5 Å². The number of nitrogens with zero attached hydrogens (tertiary/aromatic N) is 1. The minimum atomic E-state index is -0.357. The number of hydrogen-bond donors (Lipinski definition) is 2. The summed E-state index contributed by atoms with van der Waals surface area (Å²) in [6.45, 7) is 4.75. The largest absolute Gasteiger partial charge is 0.389 e. The first-order valence-electron chi connectivity index (χ1n) is 5.92. The van der Waals surface area contributed by atoms with Gasteiger partial charge in [-0.05, 0) is 25.5 Å². The Balaban J connectivity index is 2.91. The second kappa shape index (κ2) is 6.84. The van der Waals surface area contributed by atoms with Crippen molar-refractivity contribution in [2.75, 3.05) is 6.54 Å². The van der Waals surface area contributed by atoms with Crippen LogP contribution in [0.4, 0.5) is 0 Å². The maximum Gasteiger partial charge on any atom is 0.231 e. The Hall–Kier alpha value is -1.17. The molecular weight excluding hydrogens is 282 g/mol. The van der Waals surface area contributed by atoms with Gasteiger partial charge in [0.05, 0.1) is 6.54 Å². The number of nitrogens with two attached hydrogens (primary N) is 2. The first-order chi connectivity index (χ1) is 8.81. The molecule has 0 radical (unpaired) electrons. The monoisotopic (exact) mass is 299 g/mol. The van der Waals surface area contributed by atoms with Gasteiger partial charge in [0.2, 0.25) is 5.91 Å². The minimum Gasteiger partial charge on any atom is -0.389 e. The van der Waals surface area contributed by atoms with E-state index in [0.29, 0.717) is 16.6 Å². The first kappa shape index (κ1) is 15.9. The molecule has 1 rings (SSSR count). The van der Waals surface area contributed by atoms with Crippen molar-refractivity contribution in [1.82, 2.24) is 4.90 Å². The Labute approximate surface area is 123 Å². The van der Waals surface area contributed by atoms with Crippen LogP contribution in [0.2, 0.25) is 5.02 Å². The summed E-state index contributed by atoms with van der Waals surface area (Å²) in [7, 11) is 0. The molecule has 1 aromatic carbocycles.